The fourth-order valence-electron chi connectivity index (χ4n) is 3.43. The van der Waals surface area contributed by atoms with Crippen LogP contribution in [0.5, 0.6) is 5.75 Å². The van der Waals surface area contributed by atoms with Crippen LogP contribution in [0.4, 0.5) is 0 Å². The number of aliphatic hydroxyl groups excluding tert-OH is 1. The molecule has 0 spiro atoms. The Labute approximate surface area is 151 Å². The topological polar surface area (TPSA) is 82.6 Å². The number of phenolic OH excluding ortho intramolecular Hbond substituents is 1. The molecular weight excluding hydrogens is 330 g/mol. The second kappa shape index (κ2) is 7.27. The number of aromatic nitrogens is 2. The minimum absolute atomic E-state index is 0.151. The molecule has 0 bridgehead atoms. The number of likely N-dealkylation sites (tertiary alicyclic amines) is 1. The standard InChI is InChI=1S/C20H21N3O3/c24-16-11-17(23(13-16)12-15-8-4-5-9-18(15)25)20-21-19(22-26-20)10-14-6-2-1-3-7-14/h1-9,16-17,24-25H,10-13H2/t16-,17+/m1/s1. The molecule has 2 N–H and O–H groups in total. The Hall–Kier alpha value is -2.70. The molecule has 3 aromatic rings. The molecule has 0 aliphatic carbocycles. The molecule has 1 fully saturated rings. The van der Waals surface area contributed by atoms with Gasteiger partial charge in [0.05, 0.1) is 12.1 Å². The van der Waals surface area contributed by atoms with Crippen molar-refractivity contribution in [3.63, 3.8) is 0 Å². The molecule has 6 nitrogen and oxygen atoms in total. The number of nitrogens with zero attached hydrogens (tertiary/aromatic N) is 3. The minimum atomic E-state index is -0.449. The van der Waals surface area contributed by atoms with E-state index in [1.54, 1.807) is 12.1 Å². The lowest BCUT2D eigenvalue weighted by Crippen LogP contribution is -2.24. The van der Waals surface area contributed by atoms with Gasteiger partial charge in [-0.1, -0.05) is 53.7 Å². The third-order valence-electron chi connectivity index (χ3n) is 4.72. The summed E-state index contributed by atoms with van der Waals surface area (Å²) in [5, 5.41) is 24.2. The molecule has 1 saturated heterocycles. The molecule has 2 atom stereocenters. The lowest BCUT2D eigenvalue weighted by molar-refractivity contribution is 0.168. The predicted molar refractivity (Wildman–Crippen MR) is 95.4 cm³/mol. The van der Waals surface area contributed by atoms with Crippen molar-refractivity contribution in [1.29, 1.82) is 0 Å². The number of hydrogen-bond donors (Lipinski definition) is 2. The summed E-state index contributed by atoms with van der Waals surface area (Å²) in [4.78, 5) is 6.61. The average molecular weight is 351 g/mol. The van der Waals surface area contributed by atoms with Crippen molar-refractivity contribution in [2.45, 2.75) is 31.5 Å². The zero-order valence-electron chi connectivity index (χ0n) is 14.3. The number of aromatic hydroxyl groups is 1. The largest absolute Gasteiger partial charge is 0.508 e. The van der Waals surface area contributed by atoms with Crippen LogP contribution in [-0.2, 0) is 13.0 Å². The SMILES string of the molecule is Oc1ccccc1CN1C[C@H](O)C[C@H]1c1nc(Cc2ccccc2)no1. The molecule has 0 amide bonds. The normalized spacial score (nSPS) is 20.5. The number of hydrogen-bond acceptors (Lipinski definition) is 6. The highest BCUT2D eigenvalue weighted by molar-refractivity contribution is 5.31. The van der Waals surface area contributed by atoms with Crippen molar-refractivity contribution in [3.8, 4) is 5.75 Å². The number of para-hydroxylation sites is 1. The Morgan fingerprint density at radius 3 is 2.65 bits per heavy atom. The van der Waals surface area contributed by atoms with Crippen LogP contribution >= 0.6 is 0 Å². The average Bonchev–Trinajstić information content (AvgIpc) is 3.24. The molecule has 1 aromatic heterocycles. The molecule has 6 heteroatoms. The van der Waals surface area contributed by atoms with E-state index in [0.29, 0.717) is 37.6 Å². The van der Waals surface area contributed by atoms with E-state index in [2.05, 4.69) is 15.0 Å². The highest BCUT2D eigenvalue weighted by Crippen LogP contribution is 2.33. The summed E-state index contributed by atoms with van der Waals surface area (Å²) in [6, 6.07) is 17.1. The lowest BCUT2D eigenvalue weighted by atomic mass is 10.1. The van der Waals surface area contributed by atoms with E-state index in [0.717, 1.165) is 11.1 Å². The second-order valence-corrected chi connectivity index (χ2v) is 6.67. The molecule has 2 aromatic carbocycles. The van der Waals surface area contributed by atoms with E-state index in [-0.39, 0.29) is 11.8 Å². The third kappa shape index (κ3) is 3.61. The van der Waals surface area contributed by atoms with Crippen LogP contribution in [0.25, 0.3) is 0 Å². The van der Waals surface area contributed by atoms with Gasteiger partial charge in [0.15, 0.2) is 5.82 Å². The quantitative estimate of drug-likeness (QED) is 0.735. The van der Waals surface area contributed by atoms with E-state index in [1.165, 1.54) is 0 Å². The van der Waals surface area contributed by atoms with Crippen LogP contribution in [-0.4, -0.2) is 37.9 Å². The van der Waals surface area contributed by atoms with E-state index in [1.807, 2.05) is 42.5 Å². The molecule has 0 saturated carbocycles. The third-order valence-corrected chi connectivity index (χ3v) is 4.72. The minimum Gasteiger partial charge on any atom is -0.508 e. The molecule has 1 aliphatic rings. The Morgan fingerprint density at radius 2 is 1.85 bits per heavy atom. The molecule has 0 unspecified atom stereocenters. The van der Waals surface area contributed by atoms with Gasteiger partial charge in [-0.25, -0.2) is 0 Å². The first-order valence-corrected chi connectivity index (χ1v) is 8.74. The van der Waals surface area contributed by atoms with Gasteiger partial charge in [-0.2, -0.15) is 4.98 Å². The van der Waals surface area contributed by atoms with Crippen LogP contribution < -0.4 is 0 Å². The molecule has 4 rings (SSSR count). The van der Waals surface area contributed by atoms with Crippen molar-refractivity contribution in [2.75, 3.05) is 6.54 Å². The zero-order chi connectivity index (χ0) is 17.9. The summed E-state index contributed by atoms with van der Waals surface area (Å²) >= 11 is 0. The van der Waals surface area contributed by atoms with Gasteiger partial charge in [-0.05, 0) is 18.1 Å². The van der Waals surface area contributed by atoms with Crippen LogP contribution in [0.3, 0.4) is 0 Å². The molecule has 2 heterocycles. The lowest BCUT2D eigenvalue weighted by Gasteiger charge is -2.21. The summed E-state index contributed by atoms with van der Waals surface area (Å²) < 4.78 is 5.49. The van der Waals surface area contributed by atoms with E-state index in [9.17, 15) is 10.2 Å². The number of aliphatic hydroxyl groups is 1. The van der Waals surface area contributed by atoms with Crippen LogP contribution in [0.1, 0.15) is 35.3 Å². The van der Waals surface area contributed by atoms with Crippen molar-refractivity contribution >= 4 is 0 Å². The molecule has 1 aliphatic heterocycles. The maximum atomic E-state index is 10.1. The number of benzene rings is 2. The van der Waals surface area contributed by atoms with Crippen LogP contribution in [0, 0.1) is 0 Å². The fraction of sp³-hybridized carbons (Fsp3) is 0.300. The van der Waals surface area contributed by atoms with Gasteiger partial charge in [0.1, 0.15) is 5.75 Å². The summed E-state index contributed by atoms with van der Waals surface area (Å²) in [7, 11) is 0. The van der Waals surface area contributed by atoms with Crippen molar-refractivity contribution in [1.82, 2.24) is 15.0 Å². The predicted octanol–water partition coefficient (Wildman–Crippen LogP) is 2.67. The van der Waals surface area contributed by atoms with Gasteiger partial charge in [-0.15, -0.1) is 0 Å². The van der Waals surface area contributed by atoms with Crippen molar-refractivity contribution in [2.24, 2.45) is 0 Å². The smallest absolute Gasteiger partial charge is 0.244 e. The zero-order valence-corrected chi connectivity index (χ0v) is 14.3. The molecule has 134 valence electrons. The summed E-state index contributed by atoms with van der Waals surface area (Å²) in [6.45, 7) is 1.03. The highest BCUT2D eigenvalue weighted by atomic mass is 16.5. The first-order valence-electron chi connectivity index (χ1n) is 8.74. The number of phenols is 1. The molecule has 0 radical (unpaired) electrons. The maximum Gasteiger partial charge on any atom is 0.244 e. The van der Waals surface area contributed by atoms with Crippen LogP contribution in [0.2, 0.25) is 0 Å². The Kier molecular flexibility index (Phi) is 4.69. The van der Waals surface area contributed by atoms with E-state index in [4.69, 9.17) is 4.52 Å². The van der Waals surface area contributed by atoms with Gasteiger partial charge in [0.25, 0.3) is 0 Å². The molecular formula is C20H21N3O3. The first kappa shape index (κ1) is 16.8. The first-order chi connectivity index (χ1) is 12.7. The van der Waals surface area contributed by atoms with E-state index >= 15 is 0 Å². The van der Waals surface area contributed by atoms with Gasteiger partial charge >= 0.3 is 0 Å². The van der Waals surface area contributed by atoms with Crippen LogP contribution in [0.15, 0.2) is 59.1 Å². The second-order valence-electron chi connectivity index (χ2n) is 6.67. The summed E-state index contributed by atoms with van der Waals surface area (Å²) in [5.74, 6) is 1.40. The summed E-state index contributed by atoms with van der Waals surface area (Å²) in [5.41, 5.74) is 1.94. The monoisotopic (exact) mass is 351 g/mol. The van der Waals surface area contributed by atoms with Gasteiger partial charge in [-0.3, -0.25) is 4.90 Å². The Balaban J connectivity index is 1.51. The number of rotatable bonds is 5. The van der Waals surface area contributed by atoms with Crippen molar-refractivity contribution < 1.29 is 14.7 Å². The van der Waals surface area contributed by atoms with Crippen molar-refractivity contribution in [3.05, 3.63) is 77.4 Å². The van der Waals surface area contributed by atoms with Gasteiger partial charge < -0.3 is 14.7 Å². The summed E-state index contributed by atoms with van der Waals surface area (Å²) in [6.07, 6.45) is 0.704. The maximum absolute atomic E-state index is 10.1. The van der Waals surface area contributed by atoms with Gasteiger partial charge in [0, 0.05) is 25.1 Å². The highest BCUT2D eigenvalue weighted by Gasteiger charge is 2.36. The Bertz CT molecular complexity index is 866. The molecule has 26 heavy (non-hydrogen) atoms. The Morgan fingerprint density at radius 1 is 1.08 bits per heavy atom. The fourth-order valence-corrected chi connectivity index (χ4v) is 3.43. The van der Waals surface area contributed by atoms with Gasteiger partial charge in [0.2, 0.25) is 5.89 Å². The van der Waals surface area contributed by atoms with E-state index < -0.39 is 6.10 Å². The number of β-amino-alcohol motifs (C(OH)–C–C–N with tert-alkyl or cyclic N) is 1.